The molecule has 23 heavy (non-hydrogen) atoms. The Morgan fingerprint density at radius 3 is 2.17 bits per heavy atom. The summed E-state index contributed by atoms with van der Waals surface area (Å²) in [4.78, 5) is 25.5. The number of nitrogens with zero attached hydrogens (tertiary/aromatic N) is 1. The van der Waals surface area contributed by atoms with Gasteiger partial charge in [-0.15, -0.1) is 0 Å². The van der Waals surface area contributed by atoms with Crippen molar-refractivity contribution in [2.75, 3.05) is 13.1 Å². The molecule has 1 amide bonds. The van der Waals surface area contributed by atoms with Crippen LogP contribution in [0, 0.1) is 5.41 Å². The van der Waals surface area contributed by atoms with Crippen molar-refractivity contribution in [3.05, 3.63) is 35.9 Å². The zero-order chi connectivity index (χ0) is 16.9. The summed E-state index contributed by atoms with van der Waals surface area (Å²) in [7, 11) is 0. The Hall–Kier alpha value is -2.04. The number of carboxylic acids is 1. The fraction of sp³-hybridized carbons (Fsp3) is 0.556. The molecule has 0 atom stereocenters. The van der Waals surface area contributed by atoms with Gasteiger partial charge >= 0.3 is 12.1 Å². The van der Waals surface area contributed by atoms with Crippen molar-refractivity contribution in [2.45, 2.75) is 44.6 Å². The molecule has 2 aliphatic rings. The minimum Gasteiger partial charge on any atom is -0.481 e. The maximum atomic E-state index is 12.0. The lowest BCUT2D eigenvalue weighted by atomic mass is 9.47. The summed E-state index contributed by atoms with van der Waals surface area (Å²) >= 11 is 0. The summed E-state index contributed by atoms with van der Waals surface area (Å²) in [6.07, 6.45) is 0.854. The van der Waals surface area contributed by atoms with Crippen LogP contribution in [-0.2, 0) is 14.9 Å². The minimum atomic E-state index is -0.804. The maximum absolute atomic E-state index is 12.0. The van der Waals surface area contributed by atoms with Crippen LogP contribution in [0.3, 0.4) is 0 Å². The highest BCUT2D eigenvalue weighted by Gasteiger charge is 2.65. The van der Waals surface area contributed by atoms with Crippen LogP contribution in [0.25, 0.3) is 0 Å². The average Bonchev–Trinajstić information content (AvgIpc) is 2.34. The van der Waals surface area contributed by atoms with Gasteiger partial charge in [0.15, 0.2) is 0 Å². The zero-order valence-corrected chi connectivity index (χ0v) is 13.8. The molecule has 1 saturated carbocycles. The molecule has 0 bridgehead atoms. The van der Waals surface area contributed by atoms with Gasteiger partial charge in [0.25, 0.3) is 0 Å². The van der Waals surface area contributed by atoms with Gasteiger partial charge in [-0.3, -0.25) is 4.79 Å². The summed E-state index contributed by atoms with van der Waals surface area (Å²) in [5.41, 5.74) is -0.519. The van der Waals surface area contributed by atoms with Crippen molar-refractivity contribution in [1.29, 1.82) is 0 Å². The second kappa shape index (κ2) is 4.98. The monoisotopic (exact) mass is 317 g/mol. The van der Waals surface area contributed by atoms with E-state index in [9.17, 15) is 14.7 Å². The lowest BCUT2D eigenvalue weighted by Gasteiger charge is -2.62. The molecule has 0 unspecified atom stereocenters. The fourth-order valence-corrected chi connectivity index (χ4v) is 3.91. The number of rotatable bonds is 2. The Bertz CT molecular complexity index is 618. The first-order chi connectivity index (χ1) is 10.7. The molecular formula is C18H23NO4. The number of likely N-dealkylation sites (tertiary alicyclic amines) is 1. The number of aliphatic carboxylic acids is 1. The molecule has 5 nitrogen and oxygen atoms in total. The first-order valence-electron chi connectivity index (χ1n) is 7.93. The van der Waals surface area contributed by atoms with Crippen molar-refractivity contribution in [2.24, 2.45) is 5.41 Å². The highest BCUT2D eigenvalue weighted by molar-refractivity contribution is 5.83. The smallest absolute Gasteiger partial charge is 0.410 e. The molecule has 0 radical (unpaired) electrons. The van der Waals surface area contributed by atoms with Gasteiger partial charge < -0.3 is 14.7 Å². The summed E-state index contributed by atoms with van der Waals surface area (Å²) in [5, 5.41) is 9.71. The first-order valence-corrected chi connectivity index (χ1v) is 7.93. The van der Waals surface area contributed by atoms with Gasteiger partial charge in [0, 0.05) is 18.5 Å². The molecule has 1 N–H and O–H groups in total. The van der Waals surface area contributed by atoms with E-state index in [0.29, 0.717) is 25.9 Å². The van der Waals surface area contributed by atoms with E-state index in [2.05, 4.69) is 0 Å². The molecule has 124 valence electrons. The third-order valence-electron chi connectivity index (χ3n) is 4.79. The third kappa shape index (κ3) is 2.69. The molecule has 0 aromatic heterocycles. The molecule has 1 aromatic rings. The number of hydrogen-bond acceptors (Lipinski definition) is 3. The van der Waals surface area contributed by atoms with Crippen molar-refractivity contribution in [3.8, 4) is 0 Å². The number of hydrogen-bond donors (Lipinski definition) is 1. The van der Waals surface area contributed by atoms with E-state index < -0.39 is 17.0 Å². The SMILES string of the molecule is CC(C)(C)OC(=O)N1CC2(C1)CC(C(=O)O)(c1ccccc1)C2. The highest BCUT2D eigenvalue weighted by atomic mass is 16.6. The zero-order valence-electron chi connectivity index (χ0n) is 13.8. The maximum Gasteiger partial charge on any atom is 0.410 e. The lowest BCUT2D eigenvalue weighted by Crippen LogP contribution is -2.69. The van der Waals surface area contributed by atoms with Crippen LogP contribution in [0.2, 0.25) is 0 Å². The van der Waals surface area contributed by atoms with E-state index in [1.807, 2.05) is 51.1 Å². The largest absolute Gasteiger partial charge is 0.481 e. The highest BCUT2D eigenvalue weighted by Crippen LogP contribution is 2.60. The van der Waals surface area contributed by atoms with Gasteiger partial charge in [0.2, 0.25) is 0 Å². The van der Waals surface area contributed by atoms with Gasteiger partial charge in [0.1, 0.15) is 5.60 Å². The number of benzene rings is 1. The molecule has 1 aromatic carbocycles. The summed E-state index contributed by atoms with van der Waals surface area (Å²) in [6.45, 7) is 6.70. The van der Waals surface area contributed by atoms with E-state index in [4.69, 9.17) is 4.74 Å². The predicted octanol–water partition coefficient (Wildman–Crippen LogP) is 3.04. The van der Waals surface area contributed by atoms with Gasteiger partial charge in [0.05, 0.1) is 5.41 Å². The van der Waals surface area contributed by atoms with E-state index in [0.717, 1.165) is 5.56 Å². The Labute approximate surface area is 136 Å². The van der Waals surface area contributed by atoms with Crippen LogP contribution in [0.1, 0.15) is 39.2 Å². The lowest BCUT2D eigenvalue weighted by molar-refractivity contribution is -0.166. The van der Waals surface area contributed by atoms with E-state index in [-0.39, 0.29) is 11.5 Å². The predicted molar refractivity (Wildman–Crippen MR) is 85.2 cm³/mol. The van der Waals surface area contributed by atoms with Gasteiger partial charge in [-0.1, -0.05) is 30.3 Å². The Kier molecular flexibility index (Phi) is 3.43. The standard InChI is InChI=1S/C18H23NO4/c1-16(2,3)23-15(22)19-11-17(12-19)9-18(10-17,14(20)21)13-7-5-4-6-8-13/h4-8H,9-12H2,1-3H3,(H,20,21). The topological polar surface area (TPSA) is 66.8 Å². The number of carbonyl (C=O) groups excluding carboxylic acids is 1. The van der Waals surface area contributed by atoms with Crippen molar-refractivity contribution in [1.82, 2.24) is 4.90 Å². The molecule has 3 rings (SSSR count). The van der Waals surface area contributed by atoms with Crippen molar-refractivity contribution < 1.29 is 19.4 Å². The van der Waals surface area contributed by atoms with Gasteiger partial charge in [-0.2, -0.15) is 0 Å². The molecule has 5 heteroatoms. The Morgan fingerprint density at radius 2 is 1.70 bits per heavy atom. The van der Waals surface area contributed by atoms with Crippen LogP contribution < -0.4 is 0 Å². The van der Waals surface area contributed by atoms with Crippen LogP contribution in [0.5, 0.6) is 0 Å². The Balaban J connectivity index is 1.65. The van der Waals surface area contributed by atoms with Crippen LogP contribution in [0.4, 0.5) is 4.79 Å². The molecular weight excluding hydrogens is 294 g/mol. The molecule has 2 fully saturated rings. The summed E-state index contributed by atoms with van der Waals surface area (Å²) in [5.74, 6) is -0.773. The Morgan fingerprint density at radius 1 is 1.13 bits per heavy atom. The second-order valence-corrected chi connectivity index (χ2v) is 7.94. The number of amides is 1. The van der Waals surface area contributed by atoms with Crippen molar-refractivity contribution >= 4 is 12.1 Å². The molecule has 1 aliphatic carbocycles. The van der Waals surface area contributed by atoms with Gasteiger partial charge in [-0.05, 0) is 39.2 Å². The summed E-state index contributed by atoms with van der Waals surface area (Å²) < 4.78 is 5.36. The molecule has 1 spiro atoms. The minimum absolute atomic E-state index is 0.0643. The van der Waals surface area contributed by atoms with Crippen LogP contribution in [0.15, 0.2) is 30.3 Å². The molecule has 1 heterocycles. The first kappa shape index (κ1) is 15.8. The number of ether oxygens (including phenoxy) is 1. The molecule has 1 aliphatic heterocycles. The van der Waals surface area contributed by atoms with Gasteiger partial charge in [-0.25, -0.2) is 4.79 Å². The van der Waals surface area contributed by atoms with Crippen molar-refractivity contribution in [3.63, 3.8) is 0 Å². The second-order valence-electron chi connectivity index (χ2n) is 7.94. The average molecular weight is 317 g/mol. The number of carboxylic acid groups (broad SMARTS) is 1. The quantitative estimate of drug-likeness (QED) is 0.910. The van der Waals surface area contributed by atoms with Crippen LogP contribution >= 0.6 is 0 Å². The molecule has 1 saturated heterocycles. The van der Waals surface area contributed by atoms with E-state index in [1.54, 1.807) is 4.90 Å². The van der Waals surface area contributed by atoms with Crippen LogP contribution in [-0.4, -0.2) is 40.8 Å². The fourth-order valence-electron chi connectivity index (χ4n) is 3.91. The summed E-state index contributed by atoms with van der Waals surface area (Å²) in [6, 6.07) is 9.40. The van der Waals surface area contributed by atoms with E-state index >= 15 is 0 Å². The van der Waals surface area contributed by atoms with E-state index in [1.165, 1.54) is 0 Å². The third-order valence-corrected chi connectivity index (χ3v) is 4.79. The normalized spacial score (nSPS) is 21.3. The number of carbonyl (C=O) groups is 2.